The van der Waals surface area contributed by atoms with Crippen LogP contribution in [0.15, 0.2) is 48.5 Å². The molecule has 21 heavy (non-hydrogen) atoms. The Morgan fingerprint density at radius 3 is 2.67 bits per heavy atom. The highest BCUT2D eigenvalue weighted by Crippen LogP contribution is 2.49. The number of nitrogens with two attached hydrogens (primary N) is 1. The lowest BCUT2D eigenvalue weighted by Crippen LogP contribution is -2.38. The number of nitrogens with one attached hydrogen (secondary N) is 1. The van der Waals surface area contributed by atoms with Gasteiger partial charge in [-0.2, -0.15) is 0 Å². The minimum absolute atomic E-state index is 0.149. The summed E-state index contributed by atoms with van der Waals surface area (Å²) >= 11 is 5.71. The highest BCUT2D eigenvalue weighted by atomic mass is 35.5. The van der Waals surface area contributed by atoms with E-state index in [-0.39, 0.29) is 16.9 Å². The number of halogens is 2. The summed E-state index contributed by atoms with van der Waals surface area (Å²) in [5.41, 5.74) is 5.16. The molecule has 3 atom stereocenters. The van der Waals surface area contributed by atoms with E-state index in [1.807, 2.05) is 12.1 Å². The minimum Gasteiger partial charge on any atom is -0.271 e. The van der Waals surface area contributed by atoms with Crippen LogP contribution in [0.5, 0.6) is 0 Å². The van der Waals surface area contributed by atoms with Crippen LogP contribution >= 0.6 is 11.6 Å². The second kappa shape index (κ2) is 6.14. The Bertz CT molecular complexity index is 617. The lowest BCUT2D eigenvalue weighted by atomic mass is 9.99. The van der Waals surface area contributed by atoms with Crippen LogP contribution in [0, 0.1) is 11.7 Å². The van der Waals surface area contributed by atoms with Gasteiger partial charge in [0.05, 0.1) is 5.02 Å². The number of rotatable bonds is 5. The van der Waals surface area contributed by atoms with Crippen LogP contribution in [0.1, 0.15) is 23.5 Å². The van der Waals surface area contributed by atoms with Crippen molar-refractivity contribution in [1.82, 2.24) is 5.43 Å². The van der Waals surface area contributed by atoms with Crippen LogP contribution in [-0.2, 0) is 6.42 Å². The molecule has 2 nitrogen and oxygen atoms in total. The van der Waals surface area contributed by atoms with Crippen LogP contribution in [0.3, 0.4) is 0 Å². The van der Waals surface area contributed by atoms with E-state index >= 15 is 0 Å². The van der Waals surface area contributed by atoms with Gasteiger partial charge in [-0.05, 0) is 47.9 Å². The van der Waals surface area contributed by atoms with E-state index in [1.54, 1.807) is 6.07 Å². The van der Waals surface area contributed by atoms with Crippen molar-refractivity contribution in [3.05, 3.63) is 70.5 Å². The van der Waals surface area contributed by atoms with Crippen LogP contribution in [0.2, 0.25) is 5.02 Å². The molecule has 0 radical (unpaired) electrons. The first-order valence-corrected chi connectivity index (χ1v) is 7.52. The predicted molar refractivity (Wildman–Crippen MR) is 83.5 cm³/mol. The van der Waals surface area contributed by atoms with E-state index < -0.39 is 0 Å². The molecule has 2 aromatic carbocycles. The molecule has 0 spiro atoms. The Balaban J connectivity index is 1.68. The largest absolute Gasteiger partial charge is 0.271 e. The summed E-state index contributed by atoms with van der Waals surface area (Å²) in [5.74, 6) is 6.37. The molecule has 3 N–H and O–H groups in total. The Hall–Kier alpha value is -1.42. The maximum Gasteiger partial charge on any atom is 0.142 e. The van der Waals surface area contributed by atoms with Crippen molar-refractivity contribution in [1.29, 1.82) is 0 Å². The Morgan fingerprint density at radius 2 is 2.00 bits per heavy atom. The van der Waals surface area contributed by atoms with E-state index in [0.29, 0.717) is 18.3 Å². The molecule has 1 aliphatic rings. The van der Waals surface area contributed by atoms with Gasteiger partial charge in [0.2, 0.25) is 0 Å². The van der Waals surface area contributed by atoms with Gasteiger partial charge < -0.3 is 0 Å². The highest BCUT2D eigenvalue weighted by molar-refractivity contribution is 6.30. The maximum atomic E-state index is 13.5. The summed E-state index contributed by atoms with van der Waals surface area (Å²) in [7, 11) is 0. The molecule has 4 heteroatoms. The smallest absolute Gasteiger partial charge is 0.142 e. The van der Waals surface area contributed by atoms with E-state index in [0.717, 1.165) is 12.0 Å². The fourth-order valence-electron chi connectivity index (χ4n) is 3.00. The molecule has 2 aromatic rings. The minimum atomic E-state index is -0.375. The molecule has 0 aromatic heterocycles. The third kappa shape index (κ3) is 3.26. The molecule has 3 unspecified atom stereocenters. The van der Waals surface area contributed by atoms with Crippen LogP contribution < -0.4 is 11.3 Å². The number of hydrogen-bond acceptors (Lipinski definition) is 2. The van der Waals surface area contributed by atoms with Crippen LogP contribution in [0.25, 0.3) is 0 Å². The van der Waals surface area contributed by atoms with Gasteiger partial charge in [-0.25, -0.2) is 4.39 Å². The van der Waals surface area contributed by atoms with Crippen molar-refractivity contribution in [3.8, 4) is 0 Å². The average molecular weight is 305 g/mol. The monoisotopic (exact) mass is 304 g/mol. The van der Waals surface area contributed by atoms with Gasteiger partial charge in [0.1, 0.15) is 5.82 Å². The predicted octanol–water partition coefficient (Wildman–Crippen LogP) is 3.66. The quantitative estimate of drug-likeness (QED) is 0.653. The van der Waals surface area contributed by atoms with Gasteiger partial charge in [-0.3, -0.25) is 11.3 Å². The van der Waals surface area contributed by atoms with Crippen molar-refractivity contribution < 1.29 is 4.39 Å². The number of hydrogen-bond donors (Lipinski definition) is 2. The maximum absolute atomic E-state index is 13.5. The first-order chi connectivity index (χ1) is 10.2. The summed E-state index contributed by atoms with van der Waals surface area (Å²) in [6.07, 6.45) is 1.83. The molecule has 0 amide bonds. The number of benzene rings is 2. The van der Waals surface area contributed by atoms with Gasteiger partial charge in [0, 0.05) is 6.04 Å². The van der Waals surface area contributed by atoms with E-state index in [2.05, 4.69) is 29.7 Å². The van der Waals surface area contributed by atoms with E-state index in [1.165, 1.54) is 11.6 Å². The summed E-state index contributed by atoms with van der Waals surface area (Å²) in [5, 5.41) is 0.157. The van der Waals surface area contributed by atoms with Gasteiger partial charge in [0.15, 0.2) is 0 Å². The zero-order valence-corrected chi connectivity index (χ0v) is 12.4. The molecule has 1 saturated carbocycles. The molecular weight excluding hydrogens is 287 g/mol. The van der Waals surface area contributed by atoms with Crippen LogP contribution in [-0.4, -0.2) is 6.04 Å². The van der Waals surface area contributed by atoms with E-state index in [4.69, 9.17) is 17.4 Å². The molecule has 3 rings (SSSR count). The standard InChI is InChI=1S/C17H18ClFN2/c18-15-7-6-11(8-16(15)19)9-17(21-20)14-10-13(14)12-4-2-1-3-5-12/h1-8,13-14,17,21H,9-10,20H2. The molecule has 0 heterocycles. The molecule has 1 fully saturated rings. The fourth-order valence-corrected chi connectivity index (χ4v) is 3.11. The first kappa shape index (κ1) is 14.5. The van der Waals surface area contributed by atoms with Crippen LogP contribution in [0.4, 0.5) is 4.39 Å². The Kier molecular flexibility index (Phi) is 4.24. The van der Waals surface area contributed by atoms with Crippen molar-refractivity contribution in [2.45, 2.75) is 24.8 Å². The molecule has 0 aliphatic heterocycles. The SMILES string of the molecule is NNC(Cc1ccc(Cl)c(F)c1)C1CC1c1ccccc1. The molecule has 0 bridgehead atoms. The summed E-state index contributed by atoms with van der Waals surface area (Å²) in [6.45, 7) is 0. The summed E-state index contributed by atoms with van der Waals surface area (Å²) < 4.78 is 13.5. The molecular formula is C17H18ClFN2. The summed E-state index contributed by atoms with van der Waals surface area (Å²) in [4.78, 5) is 0. The third-order valence-electron chi connectivity index (χ3n) is 4.24. The second-order valence-corrected chi connectivity index (χ2v) is 6.05. The zero-order chi connectivity index (χ0) is 14.8. The average Bonchev–Trinajstić information content (AvgIpc) is 3.30. The lowest BCUT2D eigenvalue weighted by Gasteiger charge is -2.16. The highest BCUT2D eigenvalue weighted by Gasteiger charge is 2.43. The third-order valence-corrected chi connectivity index (χ3v) is 4.54. The second-order valence-electron chi connectivity index (χ2n) is 5.64. The Morgan fingerprint density at radius 1 is 1.24 bits per heavy atom. The van der Waals surface area contributed by atoms with Gasteiger partial charge in [-0.15, -0.1) is 0 Å². The molecule has 1 aliphatic carbocycles. The Labute approximate surface area is 129 Å². The number of hydrazine groups is 1. The van der Waals surface area contributed by atoms with Gasteiger partial charge in [-0.1, -0.05) is 48.0 Å². The zero-order valence-electron chi connectivity index (χ0n) is 11.6. The topological polar surface area (TPSA) is 38.0 Å². The molecule has 110 valence electrons. The van der Waals surface area contributed by atoms with Gasteiger partial charge in [0.25, 0.3) is 0 Å². The summed E-state index contributed by atoms with van der Waals surface area (Å²) in [6, 6.07) is 15.5. The van der Waals surface area contributed by atoms with Crippen molar-refractivity contribution in [3.63, 3.8) is 0 Å². The van der Waals surface area contributed by atoms with Crippen molar-refractivity contribution >= 4 is 11.6 Å². The normalized spacial score (nSPS) is 22.0. The first-order valence-electron chi connectivity index (χ1n) is 7.14. The molecule has 0 saturated heterocycles. The lowest BCUT2D eigenvalue weighted by molar-refractivity contribution is 0.463. The van der Waals surface area contributed by atoms with Gasteiger partial charge >= 0.3 is 0 Å². The fraction of sp³-hybridized carbons (Fsp3) is 0.294. The van der Waals surface area contributed by atoms with Crippen molar-refractivity contribution in [2.75, 3.05) is 0 Å². The van der Waals surface area contributed by atoms with E-state index in [9.17, 15) is 4.39 Å². The van der Waals surface area contributed by atoms with Crippen molar-refractivity contribution in [2.24, 2.45) is 11.8 Å².